The van der Waals surface area contributed by atoms with Crippen LogP contribution in [0.5, 0.6) is 0 Å². The van der Waals surface area contributed by atoms with Crippen LogP contribution in [0.2, 0.25) is 0 Å². The van der Waals surface area contributed by atoms with Gasteiger partial charge in [-0.1, -0.05) is 56.4 Å². The predicted octanol–water partition coefficient (Wildman–Crippen LogP) is 4.25. The molecule has 1 aromatic rings. The standard InChI is InChI=1S/C21H22N2OS/c1-21(2)10-15-18(16(24)11-21)19(20(22)25)17-13-7-5-3-4-6-12(13)8-9-14(17)23-15/h3-5,7-9,19,23H,6,10-11H2,1-2H3,(H2,22,25). The highest BCUT2D eigenvalue weighted by Gasteiger charge is 2.41. The molecule has 0 saturated heterocycles. The molecule has 1 unspecified atom stereocenters. The molecular weight excluding hydrogens is 328 g/mol. The van der Waals surface area contributed by atoms with E-state index in [2.05, 4.69) is 49.5 Å². The second-order valence-electron chi connectivity index (χ2n) is 7.88. The molecule has 0 spiro atoms. The van der Waals surface area contributed by atoms with Crippen LogP contribution in [0.1, 0.15) is 49.3 Å². The zero-order valence-electron chi connectivity index (χ0n) is 14.6. The van der Waals surface area contributed by atoms with Crippen LogP contribution >= 0.6 is 12.2 Å². The van der Waals surface area contributed by atoms with E-state index in [0.717, 1.165) is 40.9 Å². The topological polar surface area (TPSA) is 55.1 Å². The van der Waals surface area contributed by atoms with Gasteiger partial charge in [-0.05, 0) is 41.0 Å². The molecule has 1 heterocycles. The van der Waals surface area contributed by atoms with E-state index in [9.17, 15) is 4.79 Å². The first-order valence-electron chi connectivity index (χ1n) is 8.69. The largest absolute Gasteiger partial charge is 0.393 e. The smallest absolute Gasteiger partial charge is 0.162 e. The van der Waals surface area contributed by atoms with Crippen molar-refractivity contribution in [2.75, 3.05) is 5.32 Å². The molecule has 1 atom stereocenters. The number of rotatable bonds is 1. The molecule has 4 heteroatoms. The molecule has 3 nitrogen and oxygen atoms in total. The molecule has 0 saturated carbocycles. The lowest BCUT2D eigenvalue weighted by molar-refractivity contribution is -0.118. The minimum Gasteiger partial charge on any atom is -0.393 e. The van der Waals surface area contributed by atoms with Crippen molar-refractivity contribution in [1.29, 1.82) is 0 Å². The Labute approximate surface area is 153 Å². The first kappa shape index (κ1) is 16.3. The van der Waals surface area contributed by atoms with Crippen LogP contribution in [0.25, 0.3) is 6.08 Å². The van der Waals surface area contributed by atoms with Crippen molar-refractivity contribution in [3.05, 3.63) is 58.3 Å². The molecule has 128 valence electrons. The fourth-order valence-corrected chi connectivity index (χ4v) is 4.51. The average molecular weight is 350 g/mol. The van der Waals surface area contributed by atoms with Gasteiger partial charge in [0.2, 0.25) is 0 Å². The van der Waals surface area contributed by atoms with Crippen molar-refractivity contribution in [3.63, 3.8) is 0 Å². The summed E-state index contributed by atoms with van der Waals surface area (Å²) in [6, 6.07) is 4.25. The lowest BCUT2D eigenvalue weighted by Gasteiger charge is -2.39. The monoisotopic (exact) mass is 350 g/mol. The summed E-state index contributed by atoms with van der Waals surface area (Å²) in [4.78, 5) is 13.3. The van der Waals surface area contributed by atoms with Crippen LogP contribution in [-0.2, 0) is 11.2 Å². The number of nitrogens with two attached hydrogens (primary N) is 1. The van der Waals surface area contributed by atoms with Crippen LogP contribution in [0.4, 0.5) is 5.69 Å². The van der Waals surface area contributed by atoms with Crippen molar-refractivity contribution in [2.45, 2.75) is 39.0 Å². The van der Waals surface area contributed by atoms with Gasteiger partial charge in [0.15, 0.2) is 5.78 Å². The summed E-state index contributed by atoms with van der Waals surface area (Å²) >= 11 is 5.43. The maximum absolute atomic E-state index is 13.0. The second kappa shape index (κ2) is 5.67. The first-order chi connectivity index (χ1) is 11.9. The number of hydrogen-bond acceptors (Lipinski definition) is 3. The van der Waals surface area contributed by atoms with Crippen molar-refractivity contribution >= 4 is 34.8 Å². The Morgan fingerprint density at radius 1 is 1.28 bits per heavy atom. The Kier molecular flexibility index (Phi) is 3.69. The van der Waals surface area contributed by atoms with Crippen LogP contribution in [0.15, 0.2) is 41.6 Å². The number of ketones is 1. The third-order valence-electron chi connectivity index (χ3n) is 5.29. The molecule has 0 aromatic heterocycles. The molecule has 3 N–H and O–H groups in total. The molecule has 0 fully saturated rings. The van der Waals surface area contributed by atoms with Gasteiger partial charge in [-0.2, -0.15) is 0 Å². The number of hydrogen-bond donors (Lipinski definition) is 2. The predicted molar refractivity (Wildman–Crippen MR) is 107 cm³/mol. The van der Waals surface area contributed by atoms with E-state index < -0.39 is 0 Å². The fraction of sp³-hybridized carbons (Fsp3) is 0.333. The van der Waals surface area contributed by atoms with E-state index in [4.69, 9.17) is 18.0 Å². The summed E-state index contributed by atoms with van der Waals surface area (Å²) < 4.78 is 0. The number of Topliss-reactive ketones (excluding diaryl/α,β-unsaturated/α-hetero) is 1. The first-order valence-corrected chi connectivity index (χ1v) is 9.10. The Bertz CT molecular complexity index is 889. The number of fused-ring (bicyclic) bond motifs is 3. The van der Waals surface area contributed by atoms with Crippen molar-refractivity contribution in [1.82, 2.24) is 0 Å². The van der Waals surface area contributed by atoms with Crippen LogP contribution in [0, 0.1) is 5.41 Å². The van der Waals surface area contributed by atoms with E-state index in [0.29, 0.717) is 11.4 Å². The van der Waals surface area contributed by atoms with Gasteiger partial charge in [-0.15, -0.1) is 0 Å². The lowest BCUT2D eigenvalue weighted by Crippen LogP contribution is -2.37. The van der Waals surface area contributed by atoms with E-state index >= 15 is 0 Å². The molecule has 0 radical (unpaired) electrons. The lowest BCUT2D eigenvalue weighted by atomic mass is 9.69. The fourth-order valence-electron chi connectivity index (χ4n) is 4.27. The SMILES string of the molecule is CC1(C)CC(=O)C2=C(C1)Nc1ccc3c(c1C2C(N)=S)C=CC=CC3. The number of carbonyl (C=O) groups excluding carboxylic acids is 1. The molecule has 2 aliphatic carbocycles. The van der Waals surface area contributed by atoms with E-state index in [1.165, 1.54) is 5.56 Å². The van der Waals surface area contributed by atoms with Gasteiger partial charge in [0.05, 0.1) is 10.9 Å². The highest BCUT2D eigenvalue weighted by Crippen LogP contribution is 2.48. The Balaban J connectivity index is 1.94. The zero-order valence-corrected chi connectivity index (χ0v) is 15.4. The third-order valence-corrected chi connectivity index (χ3v) is 5.53. The Hall–Kier alpha value is -2.20. The van der Waals surface area contributed by atoms with Crippen LogP contribution < -0.4 is 11.1 Å². The summed E-state index contributed by atoms with van der Waals surface area (Å²) in [6.07, 6.45) is 10.6. The summed E-state index contributed by atoms with van der Waals surface area (Å²) in [5.41, 5.74) is 12.3. The van der Waals surface area contributed by atoms with Crippen molar-refractivity contribution in [2.24, 2.45) is 11.1 Å². The maximum Gasteiger partial charge on any atom is 0.162 e. The molecular formula is C21H22N2OS. The Morgan fingerprint density at radius 2 is 2.08 bits per heavy atom. The number of allylic oxidation sites excluding steroid dienone is 4. The van der Waals surface area contributed by atoms with Gasteiger partial charge >= 0.3 is 0 Å². The highest BCUT2D eigenvalue weighted by atomic mass is 32.1. The normalized spacial score (nSPS) is 23.3. The van der Waals surface area contributed by atoms with Gasteiger partial charge in [-0.25, -0.2) is 0 Å². The highest BCUT2D eigenvalue weighted by molar-refractivity contribution is 7.80. The van der Waals surface area contributed by atoms with Crippen LogP contribution in [-0.4, -0.2) is 10.8 Å². The van der Waals surface area contributed by atoms with Gasteiger partial charge in [0, 0.05) is 23.4 Å². The molecule has 25 heavy (non-hydrogen) atoms. The summed E-state index contributed by atoms with van der Waals surface area (Å²) in [5.74, 6) is -0.141. The summed E-state index contributed by atoms with van der Waals surface area (Å²) in [6.45, 7) is 4.26. The molecule has 1 aromatic carbocycles. The molecule has 0 bridgehead atoms. The van der Waals surface area contributed by atoms with Gasteiger partial charge in [-0.3, -0.25) is 4.79 Å². The van der Waals surface area contributed by atoms with Crippen molar-refractivity contribution < 1.29 is 4.79 Å². The number of anilines is 1. The maximum atomic E-state index is 13.0. The van der Waals surface area contributed by atoms with Gasteiger partial charge in [0.1, 0.15) is 0 Å². The molecule has 4 rings (SSSR count). The minimum atomic E-state index is -0.303. The number of nitrogens with one attached hydrogen (secondary N) is 1. The average Bonchev–Trinajstić information content (AvgIpc) is 2.76. The van der Waals surface area contributed by atoms with Crippen LogP contribution in [0.3, 0.4) is 0 Å². The second-order valence-corrected chi connectivity index (χ2v) is 8.36. The number of thiocarbonyl (C=S) groups is 1. The van der Waals surface area contributed by atoms with E-state index in [-0.39, 0.29) is 17.1 Å². The number of carbonyl (C=O) groups is 1. The van der Waals surface area contributed by atoms with Crippen molar-refractivity contribution in [3.8, 4) is 0 Å². The van der Waals surface area contributed by atoms with Gasteiger partial charge < -0.3 is 11.1 Å². The Morgan fingerprint density at radius 3 is 2.84 bits per heavy atom. The molecule has 3 aliphatic rings. The third kappa shape index (κ3) is 2.65. The van der Waals surface area contributed by atoms with E-state index in [1.54, 1.807) is 0 Å². The molecule has 0 amide bonds. The number of benzene rings is 1. The summed E-state index contributed by atoms with van der Waals surface area (Å²) in [5, 5.41) is 3.53. The van der Waals surface area contributed by atoms with Gasteiger partial charge in [0.25, 0.3) is 0 Å². The quantitative estimate of drug-likeness (QED) is 0.744. The minimum absolute atomic E-state index is 0.0449. The van der Waals surface area contributed by atoms with E-state index in [1.807, 2.05) is 6.08 Å². The molecule has 1 aliphatic heterocycles. The zero-order chi connectivity index (χ0) is 17.8. The summed E-state index contributed by atoms with van der Waals surface area (Å²) in [7, 11) is 0.